The lowest BCUT2D eigenvalue weighted by molar-refractivity contribution is -0.141. The highest BCUT2D eigenvalue weighted by molar-refractivity contribution is 5.86. The van der Waals surface area contributed by atoms with Crippen LogP contribution in [-0.2, 0) is 14.4 Å². The lowest BCUT2D eigenvalue weighted by Crippen LogP contribution is -2.43. The fourth-order valence-electron chi connectivity index (χ4n) is 2.68. The molecule has 3 amide bonds. The highest BCUT2D eigenvalue weighted by Crippen LogP contribution is 2.25. The average Bonchev–Trinajstić information content (AvgIpc) is 3.05. The van der Waals surface area contributed by atoms with Crippen LogP contribution >= 0.6 is 0 Å². The summed E-state index contributed by atoms with van der Waals surface area (Å²) >= 11 is 0. The van der Waals surface area contributed by atoms with Gasteiger partial charge in [0.25, 0.3) is 0 Å². The van der Waals surface area contributed by atoms with Crippen molar-refractivity contribution >= 4 is 24.0 Å². The molecule has 0 saturated carbocycles. The minimum atomic E-state index is -0.967. The molecule has 0 aromatic carbocycles. The van der Waals surface area contributed by atoms with Gasteiger partial charge < -0.3 is 20.2 Å². The zero-order chi connectivity index (χ0) is 15.4. The first-order chi connectivity index (χ1) is 10.0. The van der Waals surface area contributed by atoms with E-state index in [0.29, 0.717) is 19.5 Å². The van der Waals surface area contributed by atoms with Crippen molar-refractivity contribution in [3.8, 4) is 0 Å². The second-order valence-electron chi connectivity index (χ2n) is 5.06. The number of rotatable bonds is 4. The van der Waals surface area contributed by atoms with E-state index < -0.39 is 11.9 Å². The van der Waals surface area contributed by atoms with Crippen LogP contribution in [0.3, 0.4) is 0 Å². The summed E-state index contributed by atoms with van der Waals surface area (Å²) in [6.45, 7) is 0.897. The average molecular weight is 296 g/mol. The van der Waals surface area contributed by atoms with Gasteiger partial charge in [-0.3, -0.25) is 9.59 Å². The SMILES string of the molecule is O=C=NCNC(=O)N1CCC(N2CC(C(=O)O)CC2=O)C1. The van der Waals surface area contributed by atoms with Gasteiger partial charge in [0.1, 0.15) is 6.67 Å². The Labute approximate surface area is 120 Å². The van der Waals surface area contributed by atoms with Crippen molar-refractivity contribution in [1.82, 2.24) is 15.1 Å². The number of nitrogens with one attached hydrogen (secondary N) is 1. The van der Waals surface area contributed by atoms with Gasteiger partial charge in [-0.25, -0.2) is 9.59 Å². The normalized spacial score (nSPS) is 24.9. The molecule has 21 heavy (non-hydrogen) atoms. The highest BCUT2D eigenvalue weighted by Gasteiger charge is 2.40. The Kier molecular flexibility index (Phi) is 4.54. The second kappa shape index (κ2) is 6.36. The van der Waals surface area contributed by atoms with Gasteiger partial charge in [0.2, 0.25) is 12.0 Å². The molecule has 0 aromatic heterocycles. The number of aliphatic carboxylic acids is 1. The van der Waals surface area contributed by atoms with Crippen molar-refractivity contribution in [2.24, 2.45) is 10.9 Å². The van der Waals surface area contributed by atoms with Crippen LogP contribution in [-0.4, -0.2) is 71.2 Å². The Balaban J connectivity index is 1.87. The van der Waals surface area contributed by atoms with Crippen LogP contribution in [0.4, 0.5) is 4.79 Å². The van der Waals surface area contributed by atoms with Crippen molar-refractivity contribution < 1.29 is 24.3 Å². The highest BCUT2D eigenvalue weighted by atomic mass is 16.4. The van der Waals surface area contributed by atoms with E-state index in [1.165, 1.54) is 11.0 Å². The lowest BCUT2D eigenvalue weighted by Gasteiger charge is -2.24. The predicted molar refractivity (Wildman–Crippen MR) is 69.0 cm³/mol. The summed E-state index contributed by atoms with van der Waals surface area (Å²) in [6, 6.07) is -0.514. The van der Waals surface area contributed by atoms with E-state index in [2.05, 4.69) is 10.3 Å². The first kappa shape index (κ1) is 15.0. The molecular weight excluding hydrogens is 280 g/mol. The lowest BCUT2D eigenvalue weighted by atomic mass is 10.1. The molecule has 2 aliphatic rings. The molecule has 2 aliphatic heterocycles. The van der Waals surface area contributed by atoms with Gasteiger partial charge in [-0.2, -0.15) is 4.99 Å². The van der Waals surface area contributed by atoms with Crippen LogP contribution in [0.5, 0.6) is 0 Å². The van der Waals surface area contributed by atoms with Crippen LogP contribution in [0.1, 0.15) is 12.8 Å². The first-order valence-electron chi connectivity index (χ1n) is 6.61. The third-order valence-corrected chi connectivity index (χ3v) is 3.77. The topological polar surface area (TPSA) is 119 Å². The summed E-state index contributed by atoms with van der Waals surface area (Å²) < 4.78 is 0. The van der Waals surface area contributed by atoms with E-state index in [-0.39, 0.29) is 37.6 Å². The number of carbonyl (C=O) groups excluding carboxylic acids is 3. The Morgan fingerprint density at radius 3 is 2.81 bits per heavy atom. The largest absolute Gasteiger partial charge is 0.481 e. The van der Waals surface area contributed by atoms with Crippen LogP contribution in [0.25, 0.3) is 0 Å². The van der Waals surface area contributed by atoms with Crippen LogP contribution in [0, 0.1) is 5.92 Å². The molecule has 9 nitrogen and oxygen atoms in total. The van der Waals surface area contributed by atoms with Crippen molar-refractivity contribution in [3.63, 3.8) is 0 Å². The van der Waals surface area contributed by atoms with Gasteiger partial charge in [0, 0.05) is 26.1 Å². The molecule has 2 rings (SSSR count). The van der Waals surface area contributed by atoms with E-state index in [9.17, 15) is 19.2 Å². The summed E-state index contributed by atoms with van der Waals surface area (Å²) in [4.78, 5) is 50.7. The molecule has 2 fully saturated rings. The minimum absolute atomic E-state index is 0.0199. The number of carboxylic acid groups (broad SMARTS) is 1. The number of likely N-dealkylation sites (tertiary alicyclic amines) is 2. The molecule has 9 heteroatoms. The van der Waals surface area contributed by atoms with E-state index in [4.69, 9.17) is 5.11 Å². The van der Waals surface area contributed by atoms with Gasteiger partial charge in [-0.05, 0) is 6.42 Å². The zero-order valence-corrected chi connectivity index (χ0v) is 11.3. The number of aliphatic imine (C=N–C) groups is 1. The number of isocyanates is 1. The number of hydrogen-bond acceptors (Lipinski definition) is 5. The number of carbonyl (C=O) groups is 3. The number of urea groups is 1. The molecule has 114 valence electrons. The monoisotopic (exact) mass is 296 g/mol. The van der Waals surface area contributed by atoms with Crippen LogP contribution in [0.2, 0.25) is 0 Å². The molecule has 2 unspecified atom stereocenters. The fraction of sp³-hybridized carbons (Fsp3) is 0.667. The van der Waals surface area contributed by atoms with Gasteiger partial charge >= 0.3 is 12.0 Å². The maximum absolute atomic E-state index is 11.8. The number of amides is 3. The van der Waals surface area contributed by atoms with Crippen LogP contribution in [0.15, 0.2) is 4.99 Å². The zero-order valence-electron chi connectivity index (χ0n) is 11.3. The molecule has 0 bridgehead atoms. The van der Waals surface area contributed by atoms with Gasteiger partial charge in [-0.1, -0.05) is 0 Å². The minimum Gasteiger partial charge on any atom is -0.481 e. The summed E-state index contributed by atoms with van der Waals surface area (Å²) in [6.07, 6.45) is 1.96. The molecule has 2 N–H and O–H groups in total. The third-order valence-electron chi connectivity index (χ3n) is 3.77. The van der Waals surface area contributed by atoms with Crippen molar-refractivity contribution in [2.75, 3.05) is 26.3 Å². The Hall–Kier alpha value is -2.41. The molecular formula is C12H16N4O5. The van der Waals surface area contributed by atoms with Crippen molar-refractivity contribution in [1.29, 1.82) is 0 Å². The van der Waals surface area contributed by atoms with Crippen LogP contribution < -0.4 is 5.32 Å². The Morgan fingerprint density at radius 2 is 2.19 bits per heavy atom. The van der Waals surface area contributed by atoms with E-state index in [0.717, 1.165) is 0 Å². The van der Waals surface area contributed by atoms with Crippen molar-refractivity contribution in [3.05, 3.63) is 0 Å². The third kappa shape index (κ3) is 3.38. The summed E-state index contributed by atoms with van der Waals surface area (Å²) in [5, 5.41) is 11.4. The molecule has 2 atom stereocenters. The van der Waals surface area contributed by atoms with E-state index >= 15 is 0 Å². The maximum atomic E-state index is 11.8. The molecule has 0 aromatic rings. The van der Waals surface area contributed by atoms with E-state index in [1.54, 1.807) is 4.90 Å². The van der Waals surface area contributed by atoms with E-state index in [1.807, 2.05) is 0 Å². The summed E-state index contributed by atoms with van der Waals surface area (Å²) in [7, 11) is 0. The van der Waals surface area contributed by atoms with Gasteiger partial charge in [-0.15, -0.1) is 0 Å². The predicted octanol–water partition coefficient (Wildman–Crippen LogP) is -1.00. The Bertz CT molecular complexity index is 502. The number of carboxylic acids is 1. The number of nitrogens with zero attached hydrogens (tertiary/aromatic N) is 3. The maximum Gasteiger partial charge on any atom is 0.318 e. The summed E-state index contributed by atoms with van der Waals surface area (Å²) in [5.74, 6) is -1.81. The van der Waals surface area contributed by atoms with Crippen molar-refractivity contribution in [2.45, 2.75) is 18.9 Å². The van der Waals surface area contributed by atoms with Gasteiger partial charge in [0.05, 0.1) is 12.0 Å². The molecule has 0 aliphatic carbocycles. The number of hydrogen-bond donors (Lipinski definition) is 2. The smallest absolute Gasteiger partial charge is 0.318 e. The first-order valence-corrected chi connectivity index (χ1v) is 6.61. The van der Waals surface area contributed by atoms with Gasteiger partial charge in [0.15, 0.2) is 0 Å². The second-order valence-corrected chi connectivity index (χ2v) is 5.06. The molecule has 0 spiro atoms. The fourth-order valence-corrected chi connectivity index (χ4v) is 2.68. The quantitative estimate of drug-likeness (QED) is 0.509. The summed E-state index contributed by atoms with van der Waals surface area (Å²) in [5.41, 5.74) is 0. The Morgan fingerprint density at radius 1 is 1.43 bits per heavy atom. The molecule has 0 radical (unpaired) electrons. The molecule has 2 saturated heterocycles. The standard InChI is InChI=1S/C12H16N4O5/c17-7-13-6-14-12(21)15-2-1-9(5-15)16-4-8(11(19)20)3-10(16)18/h8-9H,1-6H2,(H,14,21)(H,19,20). The molecule has 2 heterocycles.